The van der Waals surface area contributed by atoms with Gasteiger partial charge >= 0.3 is 41.8 Å². The van der Waals surface area contributed by atoms with E-state index in [0.29, 0.717) is 28.1 Å². The maximum absolute atomic E-state index is 12.0. The highest BCUT2D eigenvalue weighted by Gasteiger charge is 2.41. The third kappa shape index (κ3) is 20.1. The number of nitrogens with zero attached hydrogens (tertiary/aromatic N) is 4. The second-order valence-electron chi connectivity index (χ2n) is 19.7. The first kappa shape index (κ1) is 68.2. The fraction of sp³-hybridized carbons (Fsp3) is 0.270. The number of fused-ring (bicyclic) bond motifs is 2. The fourth-order valence-electron chi connectivity index (χ4n) is 8.53. The Bertz CT molecular complexity index is 3290. The summed E-state index contributed by atoms with van der Waals surface area (Å²) in [6.45, 7) is 10.4. The first-order valence-corrected chi connectivity index (χ1v) is 28.1. The normalized spacial score (nSPS) is 15.9. The van der Waals surface area contributed by atoms with Crippen molar-refractivity contribution in [2.45, 2.75) is 70.6 Å². The summed E-state index contributed by atoms with van der Waals surface area (Å²) in [5.41, 5.74) is 3.30. The Morgan fingerprint density at radius 3 is 1.25 bits per heavy atom. The zero-order valence-electron chi connectivity index (χ0n) is 47.2. The molecule has 6 atom stereocenters. The van der Waals surface area contributed by atoms with Crippen molar-refractivity contribution in [1.29, 1.82) is 0 Å². The van der Waals surface area contributed by atoms with Gasteiger partial charge in [0.1, 0.15) is 11.0 Å². The van der Waals surface area contributed by atoms with Crippen molar-refractivity contribution >= 4 is 105 Å². The Morgan fingerprint density at radius 2 is 0.876 bits per heavy atom. The van der Waals surface area contributed by atoms with Gasteiger partial charge < -0.3 is 73.4 Å². The Kier molecular flexibility index (Phi) is 25.5. The number of rotatable bonds is 16. The second kappa shape index (κ2) is 33.3. The lowest BCUT2D eigenvalue weighted by Gasteiger charge is -2.24. The minimum Gasteiger partial charge on any atom is -0.546 e. The zero-order chi connectivity index (χ0) is 63.3. The van der Waals surface area contributed by atoms with Gasteiger partial charge in [-0.05, 0) is 105 Å². The molecule has 0 aliphatic carbocycles. The number of benzene rings is 6. The molecule has 4 heterocycles. The summed E-state index contributed by atoms with van der Waals surface area (Å²) < 4.78 is 30.5. The number of carboxylic acid groups (broad SMARTS) is 4. The lowest BCUT2D eigenvalue weighted by atomic mass is 10.1. The number of esters is 4. The van der Waals surface area contributed by atoms with Gasteiger partial charge in [0, 0.05) is 48.7 Å². The highest BCUT2D eigenvalue weighted by Crippen LogP contribution is 2.27. The van der Waals surface area contributed by atoms with E-state index in [0.717, 1.165) is 80.3 Å². The molecule has 89 heavy (non-hydrogen) atoms. The Labute approximate surface area is 519 Å². The molecule has 0 spiro atoms. The Hall–Kier alpha value is -9.88. The molecule has 6 aromatic carbocycles. The number of nitrogens with one attached hydrogen (secondary N) is 1. The van der Waals surface area contributed by atoms with Crippen molar-refractivity contribution < 1.29 is 91.9 Å². The van der Waals surface area contributed by atoms with Gasteiger partial charge in [-0.25, -0.2) is 33.6 Å². The molecule has 0 radical (unpaired) electrons. The summed E-state index contributed by atoms with van der Waals surface area (Å²) in [5, 5.41) is 46.2. The SMILES string of the molecule is C.C[C@@H]1CCN(c2nc3cc(Cl)ccc3o2)CCN1.C[C@@H]1CCN(c2nc3cc(Cl)ccc3o2)CC[NH2+]1.O=C(O[C@H](C(=O)O)[C@H](OC(=O)c1ccccc1)C(=O)O)c1ccccc1.O=C(O[C@H](C(=O)[O-])[C@H](OC(=O)c1ccccc1)C(=O)O)c1ccccc1. The van der Waals surface area contributed by atoms with Gasteiger partial charge in [-0.1, -0.05) is 103 Å². The average molecular weight is 1260 g/mol. The Balaban J connectivity index is 0.000000191. The average Bonchev–Trinajstić information content (AvgIpc) is 2.34. The van der Waals surface area contributed by atoms with Crippen LogP contribution in [0.4, 0.5) is 12.0 Å². The highest BCUT2D eigenvalue weighted by molar-refractivity contribution is 6.31. The van der Waals surface area contributed by atoms with Crippen LogP contribution in [-0.2, 0) is 38.1 Å². The smallest absolute Gasteiger partial charge is 0.349 e. The second-order valence-corrected chi connectivity index (χ2v) is 20.6. The van der Waals surface area contributed by atoms with Gasteiger partial charge in [0.25, 0.3) is 12.0 Å². The van der Waals surface area contributed by atoms with Crippen molar-refractivity contribution in [1.82, 2.24) is 15.3 Å². The molecule has 26 heteroatoms. The van der Waals surface area contributed by atoms with E-state index in [1.165, 1.54) is 97.1 Å². The molecule has 0 amide bonds. The van der Waals surface area contributed by atoms with Crippen LogP contribution in [-0.4, -0.2) is 149 Å². The predicted octanol–water partition coefficient (Wildman–Crippen LogP) is 6.83. The van der Waals surface area contributed by atoms with E-state index in [2.05, 4.69) is 44.2 Å². The van der Waals surface area contributed by atoms with Crippen molar-refractivity contribution in [2.75, 3.05) is 49.1 Å². The number of carbonyl (C=O) groups is 8. The molecule has 2 aliphatic heterocycles. The van der Waals surface area contributed by atoms with Crippen LogP contribution in [0.1, 0.15) is 75.5 Å². The molecule has 8 aromatic rings. The number of nitrogens with two attached hydrogens (primary N) is 1. The van der Waals surface area contributed by atoms with E-state index in [4.69, 9.17) is 51.0 Å². The van der Waals surface area contributed by atoms with Crippen molar-refractivity contribution in [3.63, 3.8) is 0 Å². The monoisotopic (exact) mass is 1260 g/mol. The van der Waals surface area contributed by atoms with Crippen molar-refractivity contribution in [3.8, 4) is 0 Å². The van der Waals surface area contributed by atoms with Crippen LogP contribution in [0.3, 0.4) is 0 Å². The minimum absolute atomic E-state index is 0. The maximum atomic E-state index is 12.0. The molecule has 10 rings (SSSR count). The molecular formula is C63H64Cl2N6O18. The van der Waals surface area contributed by atoms with Crippen LogP contribution in [0, 0.1) is 0 Å². The number of halogens is 2. The number of aromatic nitrogens is 2. The Morgan fingerprint density at radius 1 is 0.528 bits per heavy atom. The number of carboxylic acids is 4. The van der Waals surface area contributed by atoms with E-state index in [9.17, 15) is 58.8 Å². The molecule has 2 saturated heterocycles. The molecule has 468 valence electrons. The van der Waals surface area contributed by atoms with Gasteiger partial charge in [0.15, 0.2) is 17.3 Å². The van der Waals surface area contributed by atoms with Gasteiger partial charge in [0.05, 0.1) is 47.4 Å². The summed E-state index contributed by atoms with van der Waals surface area (Å²) in [5.74, 6) is -11.6. The minimum atomic E-state index is -2.33. The van der Waals surface area contributed by atoms with Crippen molar-refractivity contribution in [3.05, 3.63) is 190 Å². The molecule has 24 nitrogen and oxygen atoms in total. The van der Waals surface area contributed by atoms with Gasteiger partial charge in [-0.15, -0.1) is 0 Å². The van der Waals surface area contributed by atoms with Crippen molar-refractivity contribution in [2.24, 2.45) is 0 Å². The number of quaternary nitrogens is 1. The van der Waals surface area contributed by atoms with Gasteiger partial charge in [0.2, 0.25) is 18.3 Å². The predicted molar refractivity (Wildman–Crippen MR) is 323 cm³/mol. The molecule has 2 aliphatic rings. The van der Waals surface area contributed by atoms with Crippen LogP contribution >= 0.6 is 23.2 Å². The molecule has 6 N–H and O–H groups in total. The summed E-state index contributed by atoms with van der Waals surface area (Å²) in [7, 11) is 0. The maximum Gasteiger partial charge on any atom is 0.349 e. The number of aliphatic carboxylic acids is 4. The summed E-state index contributed by atoms with van der Waals surface area (Å²) >= 11 is 11.9. The number of hydrogen-bond donors (Lipinski definition) is 5. The molecule has 0 bridgehead atoms. The first-order chi connectivity index (χ1) is 42.2. The van der Waals surface area contributed by atoms with E-state index < -0.39 is 72.2 Å². The number of hydrogen-bond acceptors (Lipinski definition) is 20. The zero-order valence-corrected chi connectivity index (χ0v) is 48.7. The van der Waals surface area contributed by atoms with Gasteiger partial charge in [-0.2, -0.15) is 9.97 Å². The third-order valence-electron chi connectivity index (χ3n) is 13.2. The number of anilines is 2. The molecule has 0 saturated carbocycles. The topological polar surface area (TPSA) is 344 Å². The van der Waals surface area contributed by atoms with Crippen LogP contribution in [0.5, 0.6) is 0 Å². The standard InChI is InChI=1S/2C18H14O8.2C13H16ClN3O.CH4/c2*19-15(20)13(25-17(23)11-7-3-1-4-8-11)14(16(21)22)26-18(24)12-9-5-2-6-10-12;2*1-9-4-6-17(7-5-15-9)13-16-11-8-10(14)2-3-12(11)18-13;/h2*1-10,13-14H,(H,19,20)(H,21,22);2*2-3,8-9,15H,4-7H2,1H3;1H4/t2*13-,14-;2*9-;/m0011./s1. The van der Waals surface area contributed by atoms with E-state index in [1.54, 1.807) is 24.3 Å². The van der Waals surface area contributed by atoms with E-state index >= 15 is 0 Å². The third-order valence-corrected chi connectivity index (χ3v) is 13.7. The lowest BCUT2D eigenvalue weighted by molar-refractivity contribution is -0.682. The summed E-state index contributed by atoms with van der Waals surface area (Å²) in [6.07, 6.45) is -6.78. The number of carbonyl (C=O) groups excluding carboxylic acids is 5. The summed E-state index contributed by atoms with van der Waals surface area (Å²) in [6, 6.07) is 43.2. The number of ether oxygens (including phenoxy) is 4. The largest absolute Gasteiger partial charge is 0.546 e. The van der Waals surface area contributed by atoms with Crippen LogP contribution < -0.4 is 25.5 Å². The van der Waals surface area contributed by atoms with E-state index in [1.807, 2.05) is 36.4 Å². The molecular weight excluding hydrogens is 1200 g/mol. The number of oxazole rings is 2. The lowest BCUT2D eigenvalue weighted by Crippen LogP contribution is -2.89. The molecule has 0 unspecified atom stereocenters. The van der Waals surface area contributed by atoms with Crippen LogP contribution in [0.25, 0.3) is 22.2 Å². The van der Waals surface area contributed by atoms with Gasteiger partial charge in [-0.3, -0.25) is 0 Å². The fourth-order valence-corrected chi connectivity index (χ4v) is 8.86. The summed E-state index contributed by atoms with van der Waals surface area (Å²) in [4.78, 5) is 107. The van der Waals surface area contributed by atoms with Crippen LogP contribution in [0.15, 0.2) is 167 Å². The molecule has 2 fully saturated rings. The highest BCUT2D eigenvalue weighted by atomic mass is 35.5. The molecule has 2 aromatic heterocycles. The first-order valence-electron chi connectivity index (χ1n) is 27.4. The van der Waals surface area contributed by atoms with E-state index in [-0.39, 0.29) is 29.7 Å². The quantitative estimate of drug-likeness (QED) is 0.0489. The van der Waals surface area contributed by atoms with Crippen LogP contribution in [0.2, 0.25) is 10.0 Å².